The van der Waals surface area contributed by atoms with Crippen molar-refractivity contribution < 1.29 is 13.2 Å². The zero-order chi connectivity index (χ0) is 20.3. The van der Waals surface area contributed by atoms with E-state index in [0.717, 1.165) is 11.1 Å². The Labute approximate surface area is 169 Å². The highest BCUT2D eigenvalue weighted by molar-refractivity contribution is 7.89. The number of rotatable bonds is 7. The van der Waals surface area contributed by atoms with E-state index in [0.29, 0.717) is 10.5 Å². The summed E-state index contributed by atoms with van der Waals surface area (Å²) in [6, 6.07) is 12.5. The fourth-order valence-corrected chi connectivity index (χ4v) is 5.42. The van der Waals surface area contributed by atoms with E-state index >= 15 is 0 Å². The van der Waals surface area contributed by atoms with Gasteiger partial charge < -0.3 is 5.32 Å². The number of carbonyl (C=O) groups excluding carboxylic acids is 1. The van der Waals surface area contributed by atoms with E-state index in [2.05, 4.69) is 10.3 Å². The first-order valence-electron chi connectivity index (χ1n) is 8.97. The summed E-state index contributed by atoms with van der Waals surface area (Å²) in [4.78, 5) is 16.9. The summed E-state index contributed by atoms with van der Waals surface area (Å²) >= 11 is 1.31. The number of carbonyl (C=O) groups is 1. The van der Waals surface area contributed by atoms with Crippen LogP contribution in [-0.2, 0) is 14.8 Å². The molecular weight excluding hydrogens is 394 g/mol. The number of aromatic nitrogens is 1. The summed E-state index contributed by atoms with van der Waals surface area (Å²) in [6.07, 6.45) is 0. The van der Waals surface area contributed by atoms with E-state index in [-0.39, 0.29) is 23.9 Å². The first-order chi connectivity index (χ1) is 13.3. The van der Waals surface area contributed by atoms with Gasteiger partial charge in [-0.25, -0.2) is 13.4 Å². The monoisotopic (exact) mass is 417 g/mol. The summed E-state index contributed by atoms with van der Waals surface area (Å²) < 4.78 is 28.1. The Kier molecular flexibility index (Phi) is 6.12. The first-order valence-corrected chi connectivity index (χ1v) is 11.3. The Morgan fingerprint density at radius 3 is 2.57 bits per heavy atom. The number of amides is 1. The zero-order valence-corrected chi connectivity index (χ0v) is 17.7. The predicted octanol–water partition coefficient (Wildman–Crippen LogP) is 3.89. The smallest absolute Gasteiger partial charge is 0.244 e. The lowest BCUT2D eigenvalue weighted by Crippen LogP contribution is -2.40. The van der Waals surface area contributed by atoms with Crippen molar-refractivity contribution in [1.82, 2.24) is 9.29 Å². The molecule has 6 nitrogen and oxygen atoms in total. The van der Waals surface area contributed by atoms with Crippen molar-refractivity contribution in [3.63, 3.8) is 0 Å². The second-order valence-electron chi connectivity index (χ2n) is 7.01. The third kappa shape index (κ3) is 4.57. The van der Waals surface area contributed by atoms with Gasteiger partial charge in [-0.2, -0.15) is 4.31 Å². The normalized spacial score (nSPS) is 12.0. The van der Waals surface area contributed by atoms with Crippen LogP contribution >= 0.6 is 11.3 Å². The Bertz CT molecular complexity index is 1090. The minimum Gasteiger partial charge on any atom is -0.301 e. The van der Waals surface area contributed by atoms with Gasteiger partial charge in [-0.3, -0.25) is 4.79 Å². The third-order valence-electron chi connectivity index (χ3n) is 4.12. The Hall–Kier alpha value is -2.29. The average molecular weight is 418 g/mol. The van der Waals surface area contributed by atoms with E-state index in [4.69, 9.17) is 0 Å². The average Bonchev–Trinajstić information content (AvgIpc) is 3.04. The molecule has 1 heterocycles. The van der Waals surface area contributed by atoms with Crippen LogP contribution in [0.4, 0.5) is 5.13 Å². The number of aryl methyl sites for hydroxylation is 1. The predicted molar refractivity (Wildman–Crippen MR) is 113 cm³/mol. The molecule has 0 aliphatic heterocycles. The number of sulfonamides is 1. The van der Waals surface area contributed by atoms with Gasteiger partial charge in [-0.1, -0.05) is 50.2 Å². The lowest BCUT2D eigenvalue weighted by Gasteiger charge is -2.24. The quantitative estimate of drug-likeness (QED) is 0.632. The summed E-state index contributed by atoms with van der Waals surface area (Å²) in [5.74, 6) is -0.335. The van der Waals surface area contributed by atoms with Crippen molar-refractivity contribution in [2.75, 3.05) is 18.4 Å². The molecule has 0 atom stereocenters. The van der Waals surface area contributed by atoms with Gasteiger partial charge in [-0.15, -0.1) is 11.3 Å². The molecule has 1 aromatic heterocycles. The van der Waals surface area contributed by atoms with E-state index in [1.54, 1.807) is 18.2 Å². The zero-order valence-electron chi connectivity index (χ0n) is 16.0. The number of hydrogen-bond donors (Lipinski definition) is 1. The van der Waals surface area contributed by atoms with Gasteiger partial charge >= 0.3 is 0 Å². The highest BCUT2D eigenvalue weighted by Gasteiger charge is 2.29. The van der Waals surface area contributed by atoms with E-state index in [1.807, 2.05) is 50.4 Å². The molecule has 0 unspecified atom stereocenters. The number of nitrogens with one attached hydrogen (secondary N) is 1. The van der Waals surface area contributed by atoms with Crippen LogP contribution in [0.1, 0.15) is 19.5 Å². The molecule has 0 bridgehead atoms. The van der Waals surface area contributed by atoms with E-state index in [1.165, 1.54) is 15.6 Å². The molecule has 0 aliphatic rings. The highest BCUT2D eigenvalue weighted by atomic mass is 32.2. The van der Waals surface area contributed by atoms with Gasteiger partial charge in [0.05, 0.1) is 17.1 Å². The molecule has 0 aliphatic carbocycles. The lowest BCUT2D eigenvalue weighted by atomic mass is 10.1. The van der Waals surface area contributed by atoms with Crippen LogP contribution in [0.2, 0.25) is 0 Å². The van der Waals surface area contributed by atoms with Gasteiger partial charge in [0.15, 0.2) is 5.13 Å². The van der Waals surface area contributed by atoms with Crippen molar-refractivity contribution in [2.45, 2.75) is 25.7 Å². The molecule has 2 aromatic carbocycles. The molecule has 0 radical (unpaired) electrons. The second-order valence-corrected chi connectivity index (χ2v) is 9.78. The lowest BCUT2D eigenvalue weighted by molar-refractivity contribution is -0.116. The Morgan fingerprint density at radius 2 is 1.89 bits per heavy atom. The molecule has 0 saturated carbocycles. The summed E-state index contributed by atoms with van der Waals surface area (Å²) in [5.41, 5.74) is 0.808. The summed E-state index contributed by atoms with van der Waals surface area (Å²) in [6.45, 7) is 5.67. The molecule has 0 spiro atoms. The van der Waals surface area contributed by atoms with Crippen molar-refractivity contribution in [3.8, 4) is 0 Å². The Balaban J connectivity index is 1.92. The summed E-state index contributed by atoms with van der Waals surface area (Å²) in [7, 11) is -3.85. The number of benzene rings is 2. The standard InChI is InChI=1S/C20H23N3O3S2/c1-14(2)11-23(12-19(24)22-20-21-15(3)13-27-20)28(25,26)18-10-6-8-16-7-4-5-9-17(16)18/h4-10,13-14H,11-12H2,1-3H3,(H,21,22,24). The van der Waals surface area contributed by atoms with Crippen molar-refractivity contribution in [3.05, 3.63) is 53.5 Å². The topological polar surface area (TPSA) is 79.4 Å². The van der Waals surface area contributed by atoms with Crippen LogP contribution in [0.5, 0.6) is 0 Å². The molecule has 1 N–H and O–H groups in total. The van der Waals surface area contributed by atoms with Crippen molar-refractivity contribution >= 4 is 43.2 Å². The fourth-order valence-electron chi connectivity index (χ4n) is 2.94. The number of anilines is 1. The molecule has 3 aromatic rings. The highest BCUT2D eigenvalue weighted by Crippen LogP contribution is 2.26. The molecule has 3 rings (SSSR count). The molecule has 0 fully saturated rings. The van der Waals surface area contributed by atoms with Crippen LogP contribution in [0.3, 0.4) is 0 Å². The third-order valence-corrected chi connectivity index (χ3v) is 6.87. The maximum absolute atomic E-state index is 13.4. The maximum atomic E-state index is 13.4. The van der Waals surface area contributed by atoms with Crippen LogP contribution in [0.25, 0.3) is 10.8 Å². The molecule has 1 amide bonds. The molecule has 148 valence electrons. The molecular formula is C20H23N3O3S2. The maximum Gasteiger partial charge on any atom is 0.244 e. The SMILES string of the molecule is Cc1csc(NC(=O)CN(CC(C)C)S(=O)(=O)c2cccc3ccccc23)n1. The molecule has 28 heavy (non-hydrogen) atoms. The minimum atomic E-state index is -3.85. The van der Waals surface area contributed by atoms with E-state index < -0.39 is 15.9 Å². The van der Waals surface area contributed by atoms with Gasteiger partial charge in [-0.05, 0) is 24.3 Å². The molecule has 8 heteroatoms. The number of hydrogen-bond acceptors (Lipinski definition) is 5. The second kappa shape index (κ2) is 8.38. The molecule has 0 saturated heterocycles. The fraction of sp³-hybridized carbons (Fsp3) is 0.300. The van der Waals surface area contributed by atoms with Gasteiger partial charge in [0, 0.05) is 17.3 Å². The van der Waals surface area contributed by atoms with Crippen molar-refractivity contribution in [2.24, 2.45) is 5.92 Å². The summed E-state index contributed by atoms with van der Waals surface area (Å²) in [5, 5.41) is 6.48. The van der Waals surface area contributed by atoms with Crippen LogP contribution in [0.15, 0.2) is 52.7 Å². The largest absolute Gasteiger partial charge is 0.301 e. The number of nitrogens with zero attached hydrogens (tertiary/aromatic N) is 2. The minimum absolute atomic E-state index is 0.0691. The van der Waals surface area contributed by atoms with Crippen LogP contribution < -0.4 is 5.32 Å². The van der Waals surface area contributed by atoms with Crippen LogP contribution in [-0.4, -0.2) is 36.7 Å². The van der Waals surface area contributed by atoms with Gasteiger partial charge in [0.1, 0.15) is 0 Å². The Morgan fingerprint density at radius 1 is 1.18 bits per heavy atom. The van der Waals surface area contributed by atoms with Crippen molar-refractivity contribution in [1.29, 1.82) is 0 Å². The first kappa shape index (κ1) is 20.4. The van der Waals surface area contributed by atoms with Gasteiger partial charge in [0.25, 0.3) is 0 Å². The number of thiazole rings is 1. The van der Waals surface area contributed by atoms with Crippen LogP contribution in [0, 0.1) is 12.8 Å². The van der Waals surface area contributed by atoms with E-state index in [9.17, 15) is 13.2 Å². The number of fused-ring (bicyclic) bond motifs is 1. The van der Waals surface area contributed by atoms with Gasteiger partial charge in [0.2, 0.25) is 15.9 Å².